The zero-order valence-electron chi connectivity index (χ0n) is 8.59. The zero-order chi connectivity index (χ0) is 10.1. The Balaban J connectivity index is 2.25. The molecule has 0 amide bonds. The lowest BCUT2D eigenvalue weighted by molar-refractivity contribution is -0.126. The van der Waals surface area contributed by atoms with Crippen molar-refractivity contribution in [3.63, 3.8) is 0 Å². The van der Waals surface area contributed by atoms with E-state index >= 15 is 0 Å². The third-order valence-electron chi connectivity index (χ3n) is 2.94. The Kier molecular flexibility index (Phi) is 3.27. The molecule has 1 heterocycles. The maximum Gasteiger partial charge on any atom is 0.198 e. The molecule has 0 aromatic heterocycles. The first-order chi connectivity index (χ1) is 5.98. The van der Waals surface area contributed by atoms with Crippen molar-refractivity contribution in [1.82, 2.24) is 4.90 Å². The lowest BCUT2D eigenvalue weighted by Crippen LogP contribution is -2.70. The van der Waals surface area contributed by atoms with Crippen molar-refractivity contribution in [2.45, 2.75) is 32.3 Å². The molecule has 78 valence electrons. The Labute approximate surface area is 79.0 Å². The third-order valence-corrected chi connectivity index (χ3v) is 2.94. The van der Waals surface area contributed by atoms with E-state index in [0.717, 1.165) is 6.54 Å². The summed E-state index contributed by atoms with van der Waals surface area (Å²) in [5.41, 5.74) is 5.63. The van der Waals surface area contributed by atoms with E-state index in [-0.39, 0.29) is 11.6 Å². The van der Waals surface area contributed by atoms with Crippen LogP contribution in [-0.4, -0.2) is 37.1 Å². The summed E-state index contributed by atoms with van der Waals surface area (Å²) in [5.74, 6) is 0.252. The number of likely N-dealkylation sites (tertiary alicyclic amines) is 1. The summed E-state index contributed by atoms with van der Waals surface area (Å²) in [6.45, 7) is 5.03. The molecule has 0 aromatic carbocycles. The lowest BCUT2D eigenvalue weighted by atomic mass is 9.85. The van der Waals surface area contributed by atoms with Gasteiger partial charge in [-0.1, -0.05) is 6.92 Å². The zero-order valence-corrected chi connectivity index (χ0v) is 8.59. The van der Waals surface area contributed by atoms with Crippen molar-refractivity contribution in [2.75, 3.05) is 20.2 Å². The Morgan fingerprint density at radius 2 is 2.38 bits per heavy atom. The Hall–Kier alpha value is -0.190. The van der Waals surface area contributed by atoms with E-state index < -0.39 is 6.36 Å². The highest BCUT2D eigenvalue weighted by molar-refractivity contribution is 4.96. The molecule has 1 rings (SSSR count). The number of alkyl halides is 1. The highest BCUT2D eigenvalue weighted by atomic mass is 19.1. The van der Waals surface area contributed by atoms with Gasteiger partial charge >= 0.3 is 0 Å². The number of hydrogen-bond donors (Lipinski definition) is 1. The normalized spacial score (nSPS) is 37.2. The van der Waals surface area contributed by atoms with Crippen LogP contribution >= 0.6 is 0 Å². The first-order valence-corrected chi connectivity index (χ1v) is 4.74. The number of hydrogen-bond acceptors (Lipinski definition) is 3. The summed E-state index contributed by atoms with van der Waals surface area (Å²) >= 11 is 0. The van der Waals surface area contributed by atoms with Crippen LogP contribution in [0, 0.1) is 5.92 Å². The summed E-state index contributed by atoms with van der Waals surface area (Å²) < 4.78 is 17.7. The van der Waals surface area contributed by atoms with Crippen molar-refractivity contribution in [3.05, 3.63) is 0 Å². The van der Waals surface area contributed by atoms with E-state index in [2.05, 4.69) is 0 Å². The highest BCUT2D eigenvalue weighted by Gasteiger charge is 2.44. The molecule has 0 aliphatic carbocycles. The van der Waals surface area contributed by atoms with Crippen molar-refractivity contribution >= 4 is 0 Å². The van der Waals surface area contributed by atoms with E-state index in [4.69, 9.17) is 10.5 Å². The van der Waals surface area contributed by atoms with Crippen LogP contribution in [0.5, 0.6) is 0 Å². The Morgan fingerprint density at radius 1 is 1.77 bits per heavy atom. The molecule has 2 N–H and O–H groups in total. The number of rotatable bonds is 4. The average Bonchev–Trinajstić information content (AvgIpc) is 2.11. The quantitative estimate of drug-likeness (QED) is 0.717. The van der Waals surface area contributed by atoms with E-state index in [9.17, 15) is 4.39 Å². The van der Waals surface area contributed by atoms with Gasteiger partial charge in [0.2, 0.25) is 0 Å². The summed E-state index contributed by atoms with van der Waals surface area (Å²) in [7, 11) is 1.96. The van der Waals surface area contributed by atoms with Gasteiger partial charge in [0.05, 0.1) is 12.3 Å². The smallest absolute Gasteiger partial charge is 0.198 e. The van der Waals surface area contributed by atoms with E-state index in [0.29, 0.717) is 13.0 Å². The first kappa shape index (κ1) is 10.9. The molecule has 3 nitrogen and oxygen atoms in total. The third kappa shape index (κ3) is 2.18. The maximum atomic E-state index is 12.7. The second-order valence-corrected chi connectivity index (χ2v) is 3.95. The van der Waals surface area contributed by atoms with Gasteiger partial charge < -0.3 is 10.5 Å². The minimum Gasteiger partial charge on any atom is -0.348 e. The fraction of sp³-hybridized carbons (Fsp3) is 1.00. The summed E-state index contributed by atoms with van der Waals surface area (Å²) in [4.78, 5) is 2.04. The molecule has 0 saturated carbocycles. The molecule has 1 saturated heterocycles. The van der Waals surface area contributed by atoms with Gasteiger partial charge in [0.1, 0.15) is 0 Å². The molecular weight excluding hydrogens is 171 g/mol. The maximum absolute atomic E-state index is 12.7. The Morgan fingerprint density at radius 3 is 2.77 bits per heavy atom. The fourth-order valence-electron chi connectivity index (χ4n) is 1.47. The van der Waals surface area contributed by atoms with Gasteiger partial charge in [-0.2, -0.15) is 0 Å². The fourth-order valence-corrected chi connectivity index (χ4v) is 1.47. The summed E-state index contributed by atoms with van der Waals surface area (Å²) in [6, 6.07) is 0. The average molecular weight is 190 g/mol. The standard InChI is InChI=1S/C9H19FN2O/c1-4-8(10)13-6-7-5-12(3)9(7,2)11/h7-8H,4-6,11H2,1-3H3. The molecule has 3 unspecified atom stereocenters. The van der Waals surface area contributed by atoms with Gasteiger partial charge in [-0.3, -0.25) is 4.90 Å². The summed E-state index contributed by atoms with van der Waals surface area (Å²) in [6.07, 6.45) is -0.731. The van der Waals surface area contributed by atoms with E-state index in [1.54, 1.807) is 6.92 Å². The molecule has 0 bridgehead atoms. The van der Waals surface area contributed by atoms with Gasteiger partial charge in [-0.25, -0.2) is 4.39 Å². The van der Waals surface area contributed by atoms with Crippen LogP contribution in [0.4, 0.5) is 4.39 Å². The number of ether oxygens (including phenoxy) is 1. The van der Waals surface area contributed by atoms with Gasteiger partial charge in [0, 0.05) is 18.9 Å². The van der Waals surface area contributed by atoms with Crippen LogP contribution in [-0.2, 0) is 4.74 Å². The first-order valence-electron chi connectivity index (χ1n) is 4.74. The van der Waals surface area contributed by atoms with Crippen molar-refractivity contribution in [2.24, 2.45) is 11.7 Å². The predicted octanol–water partition coefficient (Wildman–Crippen LogP) is 0.945. The molecule has 1 fully saturated rings. The minimum absolute atomic E-state index is 0.252. The SMILES string of the molecule is CCC(F)OCC1CN(C)C1(C)N. The second kappa shape index (κ2) is 3.90. The summed E-state index contributed by atoms with van der Waals surface area (Å²) in [5, 5.41) is 0. The van der Waals surface area contributed by atoms with Crippen LogP contribution in [0.2, 0.25) is 0 Å². The largest absolute Gasteiger partial charge is 0.348 e. The molecular formula is C9H19FN2O. The van der Waals surface area contributed by atoms with Gasteiger partial charge in [-0.05, 0) is 14.0 Å². The predicted molar refractivity (Wildman–Crippen MR) is 49.9 cm³/mol. The number of halogens is 1. The molecule has 13 heavy (non-hydrogen) atoms. The minimum atomic E-state index is -1.14. The van der Waals surface area contributed by atoms with Crippen LogP contribution in [0.1, 0.15) is 20.3 Å². The van der Waals surface area contributed by atoms with Crippen molar-refractivity contribution in [3.8, 4) is 0 Å². The van der Waals surface area contributed by atoms with Gasteiger partial charge in [0.25, 0.3) is 0 Å². The molecule has 4 heteroatoms. The topological polar surface area (TPSA) is 38.5 Å². The van der Waals surface area contributed by atoms with Crippen LogP contribution in [0.3, 0.4) is 0 Å². The van der Waals surface area contributed by atoms with Crippen molar-refractivity contribution in [1.29, 1.82) is 0 Å². The molecule has 0 spiro atoms. The van der Waals surface area contributed by atoms with Crippen LogP contribution in [0.15, 0.2) is 0 Å². The Bertz CT molecular complexity index is 175. The number of nitrogens with two attached hydrogens (primary N) is 1. The second-order valence-electron chi connectivity index (χ2n) is 3.95. The molecule has 1 aliphatic heterocycles. The monoisotopic (exact) mass is 190 g/mol. The van der Waals surface area contributed by atoms with Crippen LogP contribution < -0.4 is 5.73 Å². The lowest BCUT2D eigenvalue weighted by Gasteiger charge is -2.52. The highest BCUT2D eigenvalue weighted by Crippen LogP contribution is 2.30. The van der Waals surface area contributed by atoms with Gasteiger partial charge in [-0.15, -0.1) is 0 Å². The number of nitrogens with zero attached hydrogens (tertiary/aromatic N) is 1. The van der Waals surface area contributed by atoms with Crippen LogP contribution in [0.25, 0.3) is 0 Å². The molecule has 0 aromatic rings. The molecule has 1 aliphatic rings. The molecule has 3 atom stereocenters. The van der Waals surface area contributed by atoms with E-state index in [1.165, 1.54) is 0 Å². The molecule has 0 radical (unpaired) electrons. The van der Waals surface area contributed by atoms with Gasteiger partial charge in [0.15, 0.2) is 6.36 Å². The van der Waals surface area contributed by atoms with E-state index in [1.807, 2.05) is 18.9 Å². The van der Waals surface area contributed by atoms with Crippen molar-refractivity contribution < 1.29 is 9.13 Å².